The van der Waals surface area contributed by atoms with Crippen molar-refractivity contribution in [3.8, 4) is 0 Å². The van der Waals surface area contributed by atoms with E-state index < -0.39 is 0 Å². The number of aliphatic imine (C=N–C) groups is 1. The fraction of sp³-hybridized carbons (Fsp3) is 0.462. The summed E-state index contributed by atoms with van der Waals surface area (Å²) in [7, 11) is 0. The van der Waals surface area contributed by atoms with E-state index in [-0.39, 0.29) is 0 Å². The molecule has 0 bridgehead atoms. The van der Waals surface area contributed by atoms with Gasteiger partial charge >= 0.3 is 0 Å². The first-order chi connectivity index (χ1) is 7.42. The Kier molecular flexibility index (Phi) is 2.20. The fourth-order valence-electron chi connectivity index (χ4n) is 2.55. The summed E-state index contributed by atoms with van der Waals surface area (Å²) < 4.78 is 0. The van der Waals surface area contributed by atoms with Crippen LogP contribution >= 0.6 is 0 Å². The van der Waals surface area contributed by atoms with E-state index in [9.17, 15) is 0 Å². The molecule has 0 amide bonds. The van der Waals surface area contributed by atoms with Crippen molar-refractivity contribution in [3.05, 3.63) is 35.4 Å². The van der Waals surface area contributed by atoms with Crippen molar-refractivity contribution in [3.63, 3.8) is 0 Å². The monoisotopic (exact) mass is 200 g/mol. The van der Waals surface area contributed by atoms with Crippen molar-refractivity contribution in [2.24, 2.45) is 4.99 Å². The SMILES string of the molecule is c1ccc2c(c1)CC(NC1=NCCC1)C2. The standard InChI is InChI=1S/C13H16N2/c1-2-5-11-9-12(8-10(11)4-1)15-13-6-3-7-14-13/h1-2,4-5,12H,3,6-9H2,(H,14,15). The van der Waals surface area contributed by atoms with E-state index in [4.69, 9.17) is 0 Å². The third kappa shape index (κ3) is 1.76. The molecule has 1 aliphatic carbocycles. The van der Waals surface area contributed by atoms with Gasteiger partial charge in [-0.15, -0.1) is 0 Å². The Hall–Kier alpha value is -1.31. The minimum atomic E-state index is 0.583. The first-order valence-electron chi connectivity index (χ1n) is 5.78. The number of nitrogens with one attached hydrogen (secondary N) is 1. The van der Waals surface area contributed by atoms with Crippen molar-refractivity contribution < 1.29 is 0 Å². The zero-order valence-electron chi connectivity index (χ0n) is 8.87. The van der Waals surface area contributed by atoms with E-state index in [1.54, 1.807) is 0 Å². The number of nitrogens with zero attached hydrogens (tertiary/aromatic N) is 1. The number of hydrogen-bond donors (Lipinski definition) is 1. The quantitative estimate of drug-likeness (QED) is 0.736. The molecule has 15 heavy (non-hydrogen) atoms. The highest BCUT2D eigenvalue weighted by Crippen LogP contribution is 2.22. The van der Waals surface area contributed by atoms with Crippen LogP contribution in [0.25, 0.3) is 0 Å². The van der Waals surface area contributed by atoms with Gasteiger partial charge in [0, 0.05) is 19.0 Å². The van der Waals surface area contributed by atoms with Gasteiger partial charge in [0.1, 0.15) is 0 Å². The maximum absolute atomic E-state index is 4.47. The summed E-state index contributed by atoms with van der Waals surface area (Å²) in [5, 5.41) is 3.57. The molecule has 0 radical (unpaired) electrons. The first kappa shape index (κ1) is 8.96. The van der Waals surface area contributed by atoms with Gasteiger partial charge in [-0.2, -0.15) is 0 Å². The highest BCUT2D eigenvalue weighted by atomic mass is 15.0. The maximum atomic E-state index is 4.47. The molecule has 78 valence electrons. The van der Waals surface area contributed by atoms with Gasteiger partial charge in [-0.25, -0.2) is 0 Å². The molecule has 0 saturated carbocycles. The van der Waals surface area contributed by atoms with E-state index in [0.717, 1.165) is 25.8 Å². The predicted octanol–water partition coefficient (Wildman–Crippen LogP) is 1.94. The molecule has 0 atom stereocenters. The lowest BCUT2D eigenvalue weighted by molar-refractivity contribution is 0.639. The van der Waals surface area contributed by atoms with Crippen molar-refractivity contribution in [2.45, 2.75) is 31.7 Å². The van der Waals surface area contributed by atoms with E-state index >= 15 is 0 Å². The van der Waals surface area contributed by atoms with Gasteiger partial charge in [0.05, 0.1) is 5.84 Å². The van der Waals surface area contributed by atoms with E-state index in [2.05, 4.69) is 34.6 Å². The van der Waals surface area contributed by atoms with Gasteiger partial charge in [0.25, 0.3) is 0 Å². The number of rotatable bonds is 1. The molecule has 2 aliphatic rings. The molecule has 0 saturated heterocycles. The molecule has 0 unspecified atom stereocenters. The largest absolute Gasteiger partial charge is 0.370 e. The zero-order valence-corrected chi connectivity index (χ0v) is 8.87. The van der Waals surface area contributed by atoms with Gasteiger partial charge in [-0.1, -0.05) is 24.3 Å². The van der Waals surface area contributed by atoms with Crippen molar-refractivity contribution in [1.82, 2.24) is 5.32 Å². The smallest absolute Gasteiger partial charge is 0.0966 e. The predicted molar refractivity (Wildman–Crippen MR) is 62.3 cm³/mol. The summed E-state index contributed by atoms with van der Waals surface area (Å²) in [4.78, 5) is 4.47. The van der Waals surface area contributed by atoms with Crippen LogP contribution in [0.4, 0.5) is 0 Å². The Morgan fingerprint density at radius 2 is 1.87 bits per heavy atom. The van der Waals surface area contributed by atoms with Crippen LogP contribution < -0.4 is 5.32 Å². The Morgan fingerprint density at radius 3 is 2.47 bits per heavy atom. The molecule has 3 rings (SSSR count). The molecule has 0 fully saturated rings. The summed E-state index contributed by atoms with van der Waals surface area (Å²) in [5.74, 6) is 1.23. The second-order valence-corrected chi connectivity index (χ2v) is 4.45. The molecule has 2 nitrogen and oxygen atoms in total. The third-order valence-electron chi connectivity index (χ3n) is 3.30. The van der Waals surface area contributed by atoms with Gasteiger partial charge in [-0.05, 0) is 30.4 Å². The second-order valence-electron chi connectivity index (χ2n) is 4.45. The molecule has 1 aliphatic heterocycles. The highest BCUT2D eigenvalue weighted by molar-refractivity contribution is 5.83. The van der Waals surface area contributed by atoms with Crippen LogP contribution in [0.15, 0.2) is 29.3 Å². The maximum Gasteiger partial charge on any atom is 0.0966 e. The number of benzene rings is 1. The molecule has 1 aromatic rings. The van der Waals surface area contributed by atoms with Crippen LogP contribution in [-0.4, -0.2) is 18.4 Å². The average molecular weight is 200 g/mol. The Balaban J connectivity index is 1.68. The molecule has 2 heteroatoms. The van der Waals surface area contributed by atoms with Crippen LogP contribution in [0.1, 0.15) is 24.0 Å². The van der Waals surface area contributed by atoms with E-state index in [1.165, 1.54) is 23.4 Å². The first-order valence-corrected chi connectivity index (χ1v) is 5.78. The summed E-state index contributed by atoms with van der Waals surface area (Å²) >= 11 is 0. The van der Waals surface area contributed by atoms with Crippen molar-refractivity contribution in [2.75, 3.05) is 6.54 Å². The molecular formula is C13H16N2. The lowest BCUT2D eigenvalue weighted by Crippen LogP contribution is -2.34. The van der Waals surface area contributed by atoms with Crippen LogP contribution in [0.5, 0.6) is 0 Å². The third-order valence-corrected chi connectivity index (χ3v) is 3.30. The Labute approximate surface area is 90.4 Å². The summed E-state index contributed by atoms with van der Waals surface area (Å²) in [6, 6.07) is 9.34. The Bertz CT molecular complexity index is 370. The zero-order chi connectivity index (χ0) is 10.1. The van der Waals surface area contributed by atoms with Crippen LogP contribution in [0.2, 0.25) is 0 Å². The molecular weight excluding hydrogens is 184 g/mol. The molecule has 1 aromatic carbocycles. The lowest BCUT2D eigenvalue weighted by atomic mass is 10.1. The Morgan fingerprint density at radius 1 is 1.13 bits per heavy atom. The molecule has 0 spiro atoms. The number of hydrogen-bond acceptors (Lipinski definition) is 2. The number of amidine groups is 1. The van der Waals surface area contributed by atoms with Crippen molar-refractivity contribution >= 4 is 5.84 Å². The van der Waals surface area contributed by atoms with Crippen molar-refractivity contribution in [1.29, 1.82) is 0 Å². The van der Waals surface area contributed by atoms with Crippen LogP contribution in [0.3, 0.4) is 0 Å². The average Bonchev–Trinajstić information content (AvgIpc) is 2.86. The molecule has 1 N–H and O–H groups in total. The molecule has 1 heterocycles. The minimum Gasteiger partial charge on any atom is -0.370 e. The van der Waals surface area contributed by atoms with Crippen LogP contribution in [-0.2, 0) is 12.8 Å². The minimum absolute atomic E-state index is 0.583. The molecule has 0 aromatic heterocycles. The second kappa shape index (κ2) is 3.69. The van der Waals surface area contributed by atoms with Gasteiger partial charge < -0.3 is 5.32 Å². The highest BCUT2D eigenvalue weighted by Gasteiger charge is 2.22. The lowest BCUT2D eigenvalue weighted by Gasteiger charge is -2.12. The number of fused-ring (bicyclic) bond motifs is 1. The summed E-state index contributed by atoms with van der Waals surface area (Å²) in [5.41, 5.74) is 3.02. The van der Waals surface area contributed by atoms with E-state index in [1.807, 2.05) is 0 Å². The summed E-state index contributed by atoms with van der Waals surface area (Å²) in [6.07, 6.45) is 4.69. The van der Waals surface area contributed by atoms with Gasteiger partial charge in [0.2, 0.25) is 0 Å². The van der Waals surface area contributed by atoms with E-state index in [0.29, 0.717) is 6.04 Å². The van der Waals surface area contributed by atoms with Crippen LogP contribution in [0, 0.1) is 0 Å². The summed E-state index contributed by atoms with van der Waals surface area (Å²) in [6.45, 7) is 1.02. The fourth-order valence-corrected chi connectivity index (χ4v) is 2.55. The van der Waals surface area contributed by atoms with Gasteiger partial charge in [0.15, 0.2) is 0 Å². The topological polar surface area (TPSA) is 24.4 Å². The normalized spacial score (nSPS) is 20.1. The van der Waals surface area contributed by atoms with Gasteiger partial charge in [-0.3, -0.25) is 4.99 Å².